The summed E-state index contributed by atoms with van der Waals surface area (Å²) >= 11 is 0. The monoisotopic (exact) mass is 618 g/mol. The summed E-state index contributed by atoms with van der Waals surface area (Å²) < 4.78 is 34.1. The van der Waals surface area contributed by atoms with E-state index < -0.39 is 98.9 Å². The van der Waals surface area contributed by atoms with Crippen LogP contribution in [0, 0.1) is 5.92 Å². The number of aliphatic hydroxyl groups excluding tert-OH is 7. The molecule has 42 heavy (non-hydrogen) atoms. The molecule has 238 valence electrons. The zero-order valence-corrected chi connectivity index (χ0v) is 25.8. The molecule has 3 heterocycles. The van der Waals surface area contributed by atoms with Crippen LogP contribution in [0.1, 0.15) is 44.9 Å². The van der Waals surface area contributed by atoms with E-state index in [0.717, 1.165) is 32.1 Å². The second-order valence-corrected chi connectivity index (χ2v) is 11.3. The Bertz CT molecular complexity index is 819. The molecule has 0 amide bonds. The number of hydrogen-bond donors (Lipinski definition) is 7. The topological polar surface area (TPSA) is 237 Å². The number of carboxylic acids is 1. The summed E-state index contributed by atoms with van der Waals surface area (Å²) in [5, 5.41) is 83.7. The number of hydrogen-bond acceptors (Lipinski definition) is 15. The maximum Gasteiger partial charge on any atom is 1.00 e. The molecule has 0 aromatic rings. The average Bonchev–Trinajstić information content (AvgIpc) is 2.97. The molecule has 16 heteroatoms. The first kappa shape index (κ1) is 36.4. The molecule has 3 saturated heterocycles. The molecule has 13 atom stereocenters. The Balaban J connectivity index is 0.00000484. The smallest absolute Gasteiger partial charge is 0.547 e. The Morgan fingerprint density at radius 3 is 2.14 bits per heavy atom. The van der Waals surface area contributed by atoms with Gasteiger partial charge < -0.3 is 74.1 Å². The number of aliphatic carboxylic acids is 1. The van der Waals surface area contributed by atoms with Crippen LogP contribution in [-0.4, -0.2) is 148 Å². The molecule has 0 spiro atoms. The van der Waals surface area contributed by atoms with Crippen LogP contribution < -0.4 is 34.7 Å². The minimum absolute atomic E-state index is 0. The summed E-state index contributed by atoms with van der Waals surface area (Å²) in [6.45, 7) is -1.44. The summed E-state index contributed by atoms with van der Waals surface area (Å²) in [4.78, 5) is 11.9. The molecule has 0 radical (unpaired) electrons. The Morgan fingerprint density at radius 2 is 1.50 bits per heavy atom. The first-order valence-electron chi connectivity index (χ1n) is 14.3. The first-order valence-corrected chi connectivity index (χ1v) is 14.3. The Labute approximate surface area is 265 Å². The molecule has 7 N–H and O–H groups in total. The maximum atomic E-state index is 11.9. The largest absolute Gasteiger partial charge is 1.00 e. The van der Waals surface area contributed by atoms with Crippen LogP contribution in [0.2, 0.25) is 0 Å². The molecule has 4 aliphatic rings. The van der Waals surface area contributed by atoms with E-state index in [0.29, 0.717) is 0 Å². The van der Waals surface area contributed by atoms with Crippen molar-refractivity contribution in [1.29, 1.82) is 0 Å². The summed E-state index contributed by atoms with van der Waals surface area (Å²) in [6.07, 6.45) is -13.0. The molecular weight excluding hydrogens is 575 g/mol. The number of carbonyl (C=O) groups is 1. The molecular formula is C26H43NaO15. The number of carbonyl (C=O) groups excluding carboxylic acids is 1. The van der Waals surface area contributed by atoms with Gasteiger partial charge in [-0.05, 0) is 18.8 Å². The zero-order valence-electron chi connectivity index (χ0n) is 23.8. The van der Waals surface area contributed by atoms with Crippen molar-refractivity contribution in [1.82, 2.24) is 0 Å². The van der Waals surface area contributed by atoms with E-state index >= 15 is 0 Å². The van der Waals surface area contributed by atoms with Gasteiger partial charge in [-0.15, -0.1) is 0 Å². The molecule has 0 unspecified atom stereocenters. The number of rotatable bonds is 11. The number of aliphatic hydroxyl groups is 7. The van der Waals surface area contributed by atoms with Crippen molar-refractivity contribution >= 4 is 5.97 Å². The molecule has 0 aromatic carbocycles. The normalized spacial score (nSPS) is 42.5. The van der Waals surface area contributed by atoms with Gasteiger partial charge in [0, 0.05) is 6.61 Å². The zero-order chi connectivity index (χ0) is 29.7. The fourth-order valence-electron chi connectivity index (χ4n) is 5.99. The van der Waals surface area contributed by atoms with Gasteiger partial charge in [-0.1, -0.05) is 32.1 Å². The predicted octanol–water partition coefficient (Wildman–Crippen LogP) is -7.11. The Hall–Kier alpha value is -0.0500. The van der Waals surface area contributed by atoms with E-state index in [9.17, 15) is 45.6 Å². The second-order valence-electron chi connectivity index (χ2n) is 11.3. The maximum absolute atomic E-state index is 11.9. The third kappa shape index (κ3) is 8.81. The Morgan fingerprint density at radius 1 is 0.810 bits per heavy atom. The van der Waals surface area contributed by atoms with Crippen LogP contribution in [0.25, 0.3) is 0 Å². The van der Waals surface area contributed by atoms with Gasteiger partial charge in [0.05, 0.1) is 38.0 Å². The van der Waals surface area contributed by atoms with Crippen molar-refractivity contribution in [2.45, 2.75) is 125 Å². The molecule has 3 aliphatic heterocycles. The summed E-state index contributed by atoms with van der Waals surface area (Å²) in [5.41, 5.74) is 0. The van der Waals surface area contributed by atoms with Gasteiger partial charge in [-0.2, -0.15) is 0 Å². The number of ether oxygens (including phenoxy) is 6. The number of carboxylic acid groups (broad SMARTS) is 1. The van der Waals surface area contributed by atoms with Gasteiger partial charge in [0.1, 0.15) is 54.9 Å². The van der Waals surface area contributed by atoms with Gasteiger partial charge in [0.15, 0.2) is 12.6 Å². The van der Waals surface area contributed by atoms with Gasteiger partial charge in [-0.3, -0.25) is 0 Å². The van der Waals surface area contributed by atoms with Crippen LogP contribution in [-0.2, 0) is 33.2 Å². The summed E-state index contributed by atoms with van der Waals surface area (Å²) in [6, 6.07) is 0. The fourth-order valence-corrected chi connectivity index (χ4v) is 5.99. The second kappa shape index (κ2) is 17.0. The average molecular weight is 619 g/mol. The van der Waals surface area contributed by atoms with Crippen molar-refractivity contribution in [3.05, 3.63) is 0 Å². The molecule has 0 aromatic heterocycles. The van der Waals surface area contributed by atoms with Crippen LogP contribution in [0.5, 0.6) is 0 Å². The standard InChI is InChI=1S/C26H44O15.Na/c27-9-16-19(31)23(38-15(24(34)35)8-12-4-2-1-3-5-12)21(33)26(40-16)39-14-6-7-36-17(10-28)22(14)41-25-20(32)18(30)13(29)11-37-25;/h12-23,25-33H,1-11H2,(H,34,35);/q;+1/p-1/t13-,14-,15-,16-,17+,18+,19+,20-,21+,22+,23-,25+,26-;/m0./s1. The van der Waals surface area contributed by atoms with Crippen molar-refractivity contribution in [3.63, 3.8) is 0 Å². The van der Waals surface area contributed by atoms with Crippen molar-refractivity contribution in [3.8, 4) is 0 Å². The summed E-state index contributed by atoms with van der Waals surface area (Å²) in [5.74, 6) is -1.39. The van der Waals surface area contributed by atoms with E-state index in [1.165, 1.54) is 0 Å². The van der Waals surface area contributed by atoms with Crippen LogP contribution in [0.15, 0.2) is 0 Å². The molecule has 0 bridgehead atoms. The third-order valence-electron chi connectivity index (χ3n) is 8.38. The van der Waals surface area contributed by atoms with Gasteiger partial charge in [-0.25, -0.2) is 0 Å². The minimum Gasteiger partial charge on any atom is -0.547 e. The molecule has 4 rings (SSSR count). The van der Waals surface area contributed by atoms with E-state index in [2.05, 4.69) is 0 Å². The molecule has 15 nitrogen and oxygen atoms in total. The van der Waals surface area contributed by atoms with Gasteiger partial charge in [0.2, 0.25) is 0 Å². The van der Waals surface area contributed by atoms with E-state index in [4.69, 9.17) is 28.4 Å². The summed E-state index contributed by atoms with van der Waals surface area (Å²) in [7, 11) is 0. The third-order valence-corrected chi connectivity index (χ3v) is 8.38. The van der Waals surface area contributed by atoms with E-state index in [-0.39, 0.29) is 61.5 Å². The van der Waals surface area contributed by atoms with Crippen molar-refractivity contribution in [2.24, 2.45) is 5.92 Å². The fraction of sp³-hybridized carbons (Fsp3) is 0.962. The van der Waals surface area contributed by atoms with Gasteiger partial charge >= 0.3 is 29.6 Å². The SMILES string of the molecule is O=C([O-])[C@H](CC1CCCCC1)O[C@@H]1[C@@H](O)[C@@H](O[C@H]2CCO[C@H](CO)[C@@H]2O[C@H]2OC[C@H](O)[C@@H](O)[C@@H]2O)O[C@@H](CO)[C@H]1O.[Na+]. The Kier molecular flexibility index (Phi) is 14.8. The van der Waals surface area contributed by atoms with Crippen LogP contribution >= 0.6 is 0 Å². The first-order chi connectivity index (χ1) is 19.6. The van der Waals surface area contributed by atoms with Gasteiger partial charge in [0.25, 0.3) is 0 Å². The van der Waals surface area contributed by atoms with Crippen molar-refractivity contribution < 1.29 is 104 Å². The molecule has 4 fully saturated rings. The van der Waals surface area contributed by atoms with E-state index in [1.807, 2.05) is 0 Å². The molecule has 1 aliphatic carbocycles. The molecule has 1 saturated carbocycles. The minimum atomic E-state index is -1.70. The van der Waals surface area contributed by atoms with E-state index in [1.54, 1.807) is 0 Å². The predicted molar refractivity (Wildman–Crippen MR) is 132 cm³/mol. The van der Waals surface area contributed by atoms with Crippen LogP contribution in [0.4, 0.5) is 0 Å². The van der Waals surface area contributed by atoms with Crippen molar-refractivity contribution in [2.75, 3.05) is 26.4 Å². The van der Waals surface area contributed by atoms with Crippen LogP contribution in [0.3, 0.4) is 0 Å². The quantitative estimate of drug-likeness (QED) is 0.107.